The lowest BCUT2D eigenvalue weighted by Crippen LogP contribution is -2.23. The number of benzene rings is 1. The molecule has 0 N–H and O–H groups in total. The van der Waals surface area contributed by atoms with E-state index in [2.05, 4.69) is 5.10 Å². The van der Waals surface area contributed by atoms with E-state index in [9.17, 15) is 4.79 Å². The van der Waals surface area contributed by atoms with Crippen molar-refractivity contribution in [3.63, 3.8) is 0 Å². The molecule has 1 aromatic carbocycles. The Morgan fingerprint density at radius 2 is 1.95 bits per heavy atom. The molecule has 0 amide bonds. The van der Waals surface area contributed by atoms with Crippen LogP contribution in [0.2, 0.25) is 0 Å². The number of imidazole rings is 1. The standard InChI is InChI=1S/C15H18N4O/c1-10(2)19-13-7-5-6-12(11-8-16-17(3)9-11)14(13)18(4)15(19)20/h5-10H,1-4H3. The Balaban J connectivity index is 2.42. The van der Waals surface area contributed by atoms with Crippen LogP contribution in [-0.2, 0) is 14.1 Å². The van der Waals surface area contributed by atoms with Crippen LogP contribution in [-0.4, -0.2) is 18.9 Å². The lowest BCUT2D eigenvalue weighted by atomic mass is 10.1. The Morgan fingerprint density at radius 3 is 2.55 bits per heavy atom. The van der Waals surface area contributed by atoms with Gasteiger partial charge in [-0.05, 0) is 19.9 Å². The number of aryl methyl sites for hydroxylation is 2. The molecule has 0 saturated carbocycles. The topological polar surface area (TPSA) is 44.8 Å². The Labute approximate surface area is 117 Å². The van der Waals surface area contributed by atoms with Gasteiger partial charge in [0.05, 0.1) is 17.2 Å². The minimum Gasteiger partial charge on any atom is -0.294 e. The molecule has 0 bridgehead atoms. The molecular formula is C15H18N4O. The minimum absolute atomic E-state index is 0.0198. The molecule has 104 valence electrons. The van der Waals surface area contributed by atoms with Gasteiger partial charge in [-0.1, -0.05) is 12.1 Å². The summed E-state index contributed by atoms with van der Waals surface area (Å²) in [6.07, 6.45) is 3.79. The van der Waals surface area contributed by atoms with Gasteiger partial charge in [0.15, 0.2) is 0 Å². The molecule has 0 atom stereocenters. The average Bonchev–Trinajstić information content (AvgIpc) is 2.93. The van der Waals surface area contributed by atoms with Crippen LogP contribution in [0.1, 0.15) is 19.9 Å². The van der Waals surface area contributed by atoms with Gasteiger partial charge >= 0.3 is 5.69 Å². The summed E-state index contributed by atoms with van der Waals surface area (Å²) in [4.78, 5) is 12.4. The molecule has 5 nitrogen and oxygen atoms in total. The summed E-state index contributed by atoms with van der Waals surface area (Å²) in [6, 6.07) is 6.15. The van der Waals surface area contributed by atoms with E-state index in [1.807, 2.05) is 63.1 Å². The fourth-order valence-corrected chi connectivity index (χ4v) is 2.73. The third-order valence-corrected chi connectivity index (χ3v) is 3.63. The molecule has 3 aromatic rings. The molecule has 0 spiro atoms. The summed E-state index contributed by atoms with van der Waals surface area (Å²) < 4.78 is 5.32. The molecule has 3 rings (SSSR count). The summed E-state index contributed by atoms with van der Waals surface area (Å²) >= 11 is 0. The molecule has 0 aliphatic heterocycles. The highest BCUT2D eigenvalue weighted by Crippen LogP contribution is 2.28. The molecule has 2 aromatic heterocycles. The molecule has 0 radical (unpaired) electrons. The van der Waals surface area contributed by atoms with Crippen molar-refractivity contribution in [2.75, 3.05) is 0 Å². The number of hydrogen-bond donors (Lipinski definition) is 0. The maximum Gasteiger partial charge on any atom is 0.329 e. The van der Waals surface area contributed by atoms with Crippen LogP contribution >= 0.6 is 0 Å². The predicted molar refractivity (Wildman–Crippen MR) is 79.8 cm³/mol. The highest BCUT2D eigenvalue weighted by atomic mass is 16.1. The van der Waals surface area contributed by atoms with E-state index in [1.54, 1.807) is 9.25 Å². The van der Waals surface area contributed by atoms with Gasteiger partial charge in [-0.3, -0.25) is 13.8 Å². The van der Waals surface area contributed by atoms with Gasteiger partial charge < -0.3 is 0 Å². The van der Waals surface area contributed by atoms with E-state index in [1.165, 1.54) is 0 Å². The normalized spacial score (nSPS) is 11.7. The van der Waals surface area contributed by atoms with Crippen LogP contribution in [0.15, 0.2) is 35.4 Å². The third-order valence-electron chi connectivity index (χ3n) is 3.63. The number of nitrogens with zero attached hydrogens (tertiary/aromatic N) is 4. The number of aromatic nitrogens is 4. The molecule has 0 aliphatic rings. The monoisotopic (exact) mass is 270 g/mol. The quantitative estimate of drug-likeness (QED) is 0.717. The van der Waals surface area contributed by atoms with Crippen molar-refractivity contribution in [3.8, 4) is 11.1 Å². The van der Waals surface area contributed by atoms with Gasteiger partial charge in [0, 0.05) is 37.5 Å². The average molecular weight is 270 g/mol. The maximum absolute atomic E-state index is 12.4. The van der Waals surface area contributed by atoms with Gasteiger partial charge in [-0.15, -0.1) is 0 Å². The maximum atomic E-state index is 12.4. The highest BCUT2D eigenvalue weighted by Gasteiger charge is 2.16. The highest BCUT2D eigenvalue weighted by molar-refractivity contribution is 5.92. The number of para-hydroxylation sites is 1. The first-order chi connectivity index (χ1) is 9.50. The van der Waals surface area contributed by atoms with Gasteiger partial charge in [0.25, 0.3) is 0 Å². The summed E-state index contributed by atoms with van der Waals surface area (Å²) in [5.74, 6) is 0. The Bertz CT molecular complexity index is 835. The van der Waals surface area contributed by atoms with Crippen molar-refractivity contribution in [2.45, 2.75) is 19.9 Å². The van der Waals surface area contributed by atoms with Crippen molar-refractivity contribution in [3.05, 3.63) is 41.1 Å². The number of rotatable bonds is 2. The van der Waals surface area contributed by atoms with E-state index >= 15 is 0 Å². The number of hydrogen-bond acceptors (Lipinski definition) is 2. The smallest absolute Gasteiger partial charge is 0.294 e. The summed E-state index contributed by atoms with van der Waals surface area (Å²) in [5, 5.41) is 4.22. The minimum atomic E-state index is 0.0198. The van der Waals surface area contributed by atoms with E-state index in [4.69, 9.17) is 0 Å². The van der Waals surface area contributed by atoms with Gasteiger partial charge in [0.2, 0.25) is 0 Å². The van der Waals surface area contributed by atoms with Crippen molar-refractivity contribution >= 4 is 11.0 Å². The molecule has 0 saturated heterocycles. The fourth-order valence-electron chi connectivity index (χ4n) is 2.73. The SMILES string of the molecule is CC(C)n1c(=O)n(C)c2c(-c3cnn(C)c3)cccc21. The lowest BCUT2D eigenvalue weighted by Gasteiger charge is -2.07. The van der Waals surface area contributed by atoms with E-state index in [-0.39, 0.29) is 11.7 Å². The zero-order chi connectivity index (χ0) is 14.4. The van der Waals surface area contributed by atoms with E-state index < -0.39 is 0 Å². The van der Waals surface area contributed by atoms with E-state index in [0.717, 1.165) is 22.2 Å². The van der Waals surface area contributed by atoms with Crippen LogP contribution in [0.4, 0.5) is 0 Å². The van der Waals surface area contributed by atoms with Crippen LogP contribution in [0.25, 0.3) is 22.2 Å². The first kappa shape index (κ1) is 12.7. The first-order valence-electron chi connectivity index (χ1n) is 6.69. The number of fused-ring (bicyclic) bond motifs is 1. The summed E-state index contributed by atoms with van der Waals surface area (Å²) in [5.41, 5.74) is 4.00. The Hall–Kier alpha value is -2.30. The van der Waals surface area contributed by atoms with E-state index in [0.29, 0.717) is 0 Å². The van der Waals surface area contributed by atoms with Crippen molar-refractivity contribution in [1.82, 2.24) is 18.9 Å². The van der Waals surface area contributed by atoms with Crippen LogP contribution in [0.5, 0.6) is 0 Å². The second-order valence-corrected chi connectivity index (χ2v) is 5.38. The molecular weight excluding hydrogens is 252 g/mol. The molecule has 2 heterocycles. The van der Waals surface area contributed by atoms with Gasteiger partial charge in [0.1, 0.15) is 0 Å². The Morgan fingerprint density at radius 1 is 1.20 bits per heavy atom. The van der Waals surface area contributed by atoms with Crippen molar-refractivity contribution in [2.24, 2.45) is 14.1 Å². The third kappa shape index (κ3) is 1.70. The predicted octanol–water partition coefficient (Wildman–Crippen LogP) is 2.32. The zero-order valence-corrected chi connectivity index (χ0v) is 12.2. The largest absolute Gasteiger partial charge is 0.329 e. The van der Waals surface area contributed by atoms with Crippen molar-refractivity contribution < 1.29 is 0 Å². The van der Waals surface area contributed by atoms with Crippen molar-refractivity contribution in [1.29, 1.82) is 0 Å². The van der Waals surface area contributed by atoms with Crippen LogP contribution in [0.3, 0.4) is 0 Å². The summed E-state index contributed by atoms with van der Waals surface area (Å²) in [7, 11) is 3.71. The second kappa shape index (κ2) is 4.37. The molecule has 20 heavy (non-hydrogen) atoms. The second-order valence-electron chi connectivity index (χ2n) is 5.38. The fraction of sp³-hybridized carbons (Fsp3) is 0.333. The van der Waals surface area contributed by atoms with Gasteiger partial charge in [-0.25, -0.2) is 4.79 Å². The lowest BCUT2D eigenvalue weighted by molar-refractivity contribution is 0.583. The molecule has 0 unspecified atom stereocenters. The summed E-state index contributed by atoms with van der Waals surface area (Å²) in [6.45, 7) is 4.05. The van der Waals surface area contributed by atoms with Crippen LogP contribution in [0, 0.1) is 0 Å². The van der Waals surface area contributed by atoms with Crippen LogP contribution < -0.4 is 5.69 Å². The molecule has 5 heteroatoms. The molecule has 0 fully saturated rings. The zero-order valence-electron chi connectivity index (χ0n) is 12.2. The Kier molecular flexibility index (Phi) is 2.78. The molecule has 0 aliphatic carbocycles. The van der Waals surface area contributed by atoms with Gasteiger partial charge in [-0.2, -0.15) is 5.10 Å². The first-order valence-corrected chi connectivity index (χ1v) is 6.69.